The van der Waals surface area contributed by atoms with Crippen molar-refractivity contribution in [3.63, 3.8) is 0 Å². The van der Waals surface area contributed by atoms with Gasteiger partial charge in [-0.15, -0.1) is 0 Å². The second-order valence-corrected chi connectivity index (χ2v) is 6.93. The predicted octanol–water partition coefficient (Wildman–Crippen LogP) is 4.00. The Balaban J connectivity index is 2.15. The van der Waals surface area contributed by atoms with Crippen LogP contribution in [-0.4, -0.2) is 22.9 Å². The fraction of sp³-hybridized carbons (Fsp3) is 0.333. The molecule has 0 aliphatic carbocycles. The van der Waals surface area contributed by atoms with Gasteiger partial charge in [0.25, 0.3) is 5.69 Å². The van der Waals surface area contributed by atoms with Crippen LogP contribution in [0.5, 0.6) is 0 Å². The number of aryl methyl sites for hydroxylation is 1. The molecular weight excluding hydrogens is 398 g/mol. The van der Waals surface area contributed by atoms with Gasteiger partial charge < -0.3 is 10.1 Å². The van der Waals surface area contributed by atoms with Gasteiger partial charge in [-0.25, -0.2) is 8.78 Å². The Morgan fingerprint density at radius 2 is 1.83 bits per heavy atom. The third-order valence-electron chi connectivity index (χ3n) is 4.21. The van der Waals surface area contributed by atoms with Crippen molar-refractivity contribution in [2.45, 2.75) is 45.3 Å². The lowest BCUT2D eigenvalue weighted by Gasteiger charge is -2.19. The van der Waals surface area contributed by atoms with Gasteiger partial charge in [0.2, 0.25) is 5.91 Å². The van der Waals surface area contributed by atoms with Crippen LogP contribution < -0.4 is 5.32 Å². The number of rotatable bonds is 9. The van der Waals surface area contributed by atoms with Gasteiger partial charge in [0.05, 0.1) is 29.1 Å². The average Bonchev–Trinajstić information content (AvgIpc) is 2.67. The summed E-state index contributed by atoms with van der Waals surface area (Å²) in [6, 6.07) is 8.15. The molecule has 2 aromatic carbocycles. The summed E-state index contributed by atoms with van der Waals surface area (Å²) in [5.41, 5.74) is 0.357. The molecule has 2 aromatic rings. The minimum Gasteiger partial charge on any atom is -0.463 e. The molecule has 0 heterocycles. The van der Waals surface area contributed by atoms with E-state index >= 15 is 0 Å². The van der Waals surface area contributed by atoms with E-state index in [1.165, 1.54) is 24.3 Å². The molecule has 1 atom stereocenters. The molecule has 0 spiro atoms. The maximum Gasteiger partial charge on any atom is 0.308 e. The maximum absolute atomic E-state index is 13.3. The summed E-state index contributed by atoms with van der Waals surface area (Å²) in [6.07, 6.45) is -0.627. The normalized spacial score (nSPS) is 11.8. The Hall–Kier alpha value is -3.36. The van der Waals surface area contributed by atoms with Crippen molar-refractivity contribution in [3.05, 3.63) is 75.3 Å². The molecule has 7 nitrogen and oxygen atoms in total. The van der Waals surface area contributed by atoms with Crippen LogP contribution in [0.25, 0.3) is 0 Å². The lowest BCUT2D eigenvalue weighted by molar-refractivity contribution is -0.385. The summed E-state index contributed by atoms with van der Waals surface area (Å²) in [5.74, 6) is -3.11. The van der Waals surface area contributed by atoms with Gasteiger partial charge >= 0.3 is 5.97 Å². The SMILES string of the molecule is CC(C)OC(=O)CC(NC(=O)CCc1ccc(F)c(F)c1)c1ccccc1[N+](=O)[O-]. The summed E-state index contributed by atoms with van der Waals surface area (Å²) in [5, 5.41) is 14.0. The molecule has 0 fully saturated rings. The molecule has 1 unspecified atom stereocenters. The number of carbonyl (C=O) groups excluding carboxylic acids is 2. The summed E-state index contributed by atoms with van der Waals surface area (Å²) in [6.45, 7) is 3.33. The summed E-state index contributed by atoms with van der Waals surface area (Å²) < 4.78 is 31.4. The van der Waals surface area contributed by atoms with Gasteiger partial charge in [-0.3, -0.25) is 19.7 Å². The highest BCUT2D eigenvalue weighted by atomic mass is 19.2. The number of nitrogens with one attached hydrogen (secondary N) is 1. The van der Waals surface area contributed by atoms with Crippen molar-refractivity contribution in [3.8, 4) is 0 Å². The fourth-order valence-electron chi connectivity index (χ4n) is 2.88. The maximum atomic E-state index is 13.3. The first-order valence-electron chi connectivity index (χ1n) is 9.33. The van der Waals surface area contributed by atoms with E-state index < -0.39 is 34.5 Å². The van der Waals surface area contributed by atoms with Gasteiger partial charge in [0.15, 0.2) is 11.6 Å². The molecule has 1 N–H and O–H groups in total. The zero-order valence-corrected chi connectivity index (χ0v) is 16.6. The largest absolute Gasteiger partial charge is 0.463 e. The topological polar surface area (TPSA) is 98.5 Å². The number of ether oxygens (including phenoxy) is 1. The molecule has 2 rings (SSSR count). The Labute approximate surface area is 172 Å². The van der Waals surface area contributed by atoms with Crippen molar-refractivity contribution >= 4 is 17.6 Å². The first-order chi connectivity index (χ1) is 14.2. The summed E-state index contributed by atoms with van der Waals surface area (Å²) >= 11 is 0. The monoisotopic (exact) mass is 420 g/mol. The minimum absolute atomic E-state index is 0.0819. The van der Waals surface area contributed by atoms with Crippen LogP contribution in [0.1, 0.15) is 43.9 Å². The molecule has 0 aromatic heterocycles. The highest BCUT2D eigenvalue weighted by Gasteiger charge is 2.26. The summed E-state index contributed by atoms with van der Waals surface area (Å²) in [7, 11) is 0. The van der Waals surface area contributed by atoms with Gasteiger partial charge in [-0.05, 0) is 38.0 Å². The van der Waals surface area contributed by atoms with Crippen LogP contribution in [0.15, 0.2) is 42.5 Å². The van der Waals surface area contributed by atoms with Crippen molar-refractivity contribution < 1.29 is 28.0 Å². The van der Waals surface area contributed by atoms with E-state index in [2.05, 4.69) is 5.32 Å². The van der Waals surface area contributed by atoms with Crippen molar-refractivity contribution in [1.29, 1.82) is 0 Å². The smallest absolute Gasteiger partial charge is 0.308 e. The van der Waals surface area contributed by atoms with E-state index in [1.54, 1.807) is 19.9 Å². The van der Waals surface area contributed by atoms with E-state index in [9.17, 15) is 28.5 Å². The molecule has 0 aliphatic heterocycles. The molecule has 0 radical (unpaired) electrons. The number of esters is 1. The van der Waals surface area contributed by atoms with Gasteiger partial charge in [0.1, 0.15) is 0 Å². The standard InChI is InChI=1S/C21H22F2N2O5/c1-13(2)30-21(27)12-18(15-5-3-4-6-19(15)25(28)29)24-20(26)10-8-14-7-9-16(22)17(23)11-14/h3-7,9,11,13,18H,8,10,12H2,1-2H3,(H,24,26). The lowest BCUT2D eigenvalue weighted by Crippen LogP contribution is -2.31. The number of nitrogens with zero attached hydrogens (tertiary/aromatic N) is 1. The number of benzene rings is 2. The zero-order valence-electron chi connectivity index (χ0n) is 16.6. The molecule has 1 amide bonds. The highest BCUT2D eigenvalue weighted by molar-refractivity contribution is 5.78. The van der Waals surface area contributed by atoms with Crippen LogP contribution >= 0.6 is 0 Å². The highest BCUT2D eigenvalue weighted by Crippen LogP contribution is 2.27. The number of para-hydroxylation sites is 1. The third kappa shape index (κ3) is 6.61. The van der Waals surface area contributed by atoms with Crippen LogP contribution in [0.4, 0.5) is 14.5 Å². The van der Waals surface area contributed by atoms with Gasteiger partial charge in [0, 0.05) is 12.5 Å². The van der Waals surface area contributed by atoms with E-state index in [4.69, 9.17) is 4.74 Å². The molecule has 30 heavy (non-hydrogen) atoms. The molecule has 0 saturated carbocycles. The van der Waals surface area contributed by atoms with E-state index in [-0.39, 0.29) is 36.6 Å². The molecule has 9 heteroatoms. The molecule has 160 valence electrons. The molecule has 0 saturated heterocycles. The average molecular weight is 420 g/mol. The third-order valence-corrected chi connectivity index (χ3v) is 4.21. The fourth-order valence-corrected chi connectivity index (χ4v) is 2.88. The minimum atomic E-state index is -1.01. The van der Waals surface area contributed by atoms with Gasteiger partial charge in [-0.2, -0.15) is 0 Å². The Bertz CT molecular complexity index is 933. The number of hydrogen-bond acceptors (Lipinski definition) is 5. The second-order valence-electron chi connectivity index (χ2n) is 6.93. The molecule has 0 bridgehead atoms. The Morgan fingerprint density at radius 3 is 2.47 bits per heavy atom. The van der Waals surface area contributed by atoms with Crippen molar-refractivity contribution in [2.24, 2.45) is 0 Å². The molecular formula is C21H22F2N2O5. The predicted molar refractivity (Wildman–Crippen MR) is 105 cm³/mol. The Morgan fingerprint density at radius 1 is 1.13 bits per heavy atom. The number of hydrogen-bond donors (Lipinski definition) is 1. The molecule has 0 aliphatic rings. The van der Waals surface area contributed by atoms with Crippen LogP contribution in [0.2, 0.25) is 0 Å². The first-order valence-corrected chi connectivity index (χ1v) is 9.33. The van der Waals surface area contributed by atoms with Gasteiger partial charge in [-0.1, -0.05) is 24.3 Å². The van der Waals surface area contributed by atoms with Crippen LogP contribution in [-0.2, 0) is 20.7 Å². The van der Waals surface area contributed by atoms with Crippen molar-refractivity contribution in [1.82, 2.24) is 5.32 Å². The van der Waals surface area contributed by atoms with Crippen LogP contribution in [0, 0.1) is 21.7 Å². The van der Waals surface area contributed by atoms with Crippen molar-refractivity contribution in [2.75, 3.05) is 0 Å². The van der Waals surface area contributed by atoms with E-state index in [1.807, 2.05) is 0 Å². The second kappa shape index (κ2) is 10.4. The quantitative estimate of drug-likeness (QED) is 0.376. The van der Waals surface area contributed by atoms with E-state index in [0.717, 1.165) is 12.1 Å². The zero-order chi connectivity index (χ0) is 22.3. The number of nitro benzene ring substituents is 1. The Kier molecular flexibility index (Phi) is 7.97. The number of nitro groups is 1. The van der Waals surface area contributed by atoms with Crippen LogP contribution in [0.3, 0.4) is 0 Å². The number of amides is 1. The number of carbonyl (C=O) groups is 2. The lowest BCUT2D eigenvalue weighted by atomic mass is 10.0. The first kappa shape index (κ1) is 22.9. The van der Waals surface area contributed by atoms with E-state index in [0.29, 0.717) is 5.56 Å². The number of halogens is 2. The summed E-state index contributed by atoms with van der Waals surface area (Å²) in [4.78, 5) is 35.3.